The van der Waals surface area contributed by atoms with Crippen LogP contribution in [-0.4, -0.2) is 0 Å². The Kier molecular flexibility index (Phi) is 4.21. The molecule has 1 atom stereocenters. The first kappa shape index (κ1) is 14.4. The van der Waals surface area contributed by atoms with Gasteiger partial charge in [-0.3, -0.25) is 0 Å². The highest BCUT2D eigenvalue weighted by Gasteiger charge is 2.20. The van der Waals surface area contributed by atoms with E-state index in [1.165, 1.54) is 25.1 Å². The van der Waals surface area contributed by atoms with Crippen molar-refractivity contribution in [2.75, 3.05) is 0 Å². The molecule has 19 heavy (non-hydrogen) atoms. The molecule has 2 aromatic carbocycles. The van der Waals surface area contributed by atoms with Gasteiger partial charge < -0.3 is 0 Å². The quantitative estimate of drug-likeness (QED) is 0.624. The maximum Gasteiger partial charge on any atom is 0.128 e. The Morgan fingerprint density at radius 2 is 1.58 bits per heavy atom. The molecule has 0 nitrogen and oxygen atoms in total. The lowest BCUT2D eigenvalue weighted by atomic mass is 10.0. The van der Waals surface area contributed by atoms with Crippen LogP contribution in [0.4, 0.5) is 13.2 Å². The molecule has 0 fully saturated rings. The molecular weight excluding hydrogens is 341 g/mol. The molecule has 0 saturated carbocycles. The molecule has 5 heteroatoms. The lowest BCUT2D eigenvalue weighted by Gasteiger charge is -2.14. The van der Waals surface area contributed by atoms with E-state index in [4.69, 9.17) is 11.6 Å². The van der Waals surface area contributed by atoms with E-state index in [1.54, 1.807) is 0 Å². The zero-order valence-electron chi connectivity index (χ0n) is 9.85. The van der Waals surface area contributed by atoms with Crippen molar-refractivity contribution in [3.05, 3.63) is 69.5 Å². The second-order valence-corrected chi connectivity index (χ2v) is 5.50. The molecule has 0 amide bonds. The van der Waals surface area contributed by atoms with Gasteiger partial charge in [0.15, 0.2) is 0 Å². The van der Waals surface area contributed by atoms with Crippen LogP contribution in [0.1, 0.15) is 21.5 Å². The summed E-state index contributed by atoms with van der Waals surface area (Å²) in [5.74, 6) is -1.67. The third-order valence-corrected chi connectivity index (χ3v) is 4.00. The molecule has 0 aromatic heterocycles. The van der Waals surface area contributed by atoms with Crippen molar-refractivity contribution in [3.8, 4) is 0 Å². The number of rotatable bonds is 2. The average molecular weight is 350 g/mol. The van der Waals surface area contributed by atoms with Crippen LogP contribution in [0.25, 0.3) is 0 Å². The fourth-order valence-corrected chi connectivity index (χ4v) is 2.61. The molecule has 0 N–H and O–H groups in total. The Hall–Kier alpha value is -1.00. The SMILES string of the molecule is Cc1cc(F)c(C(Br)c2cc(Cl)ccc2F)cc1F. The summed E-state index contributed by atoms with van der Waals surface area (Å²) < 4.78 is 41.1. The largest absolute Gasteiger partial charge is 0.207 e. The van der Waals surface area contributed by atoms with Gasteiger partial charge in [-0.15, -0.1) is 0 Å². The zero-order chi connectivity index (χ0) is 14.2. The van der Waals surface area contributed by atoms with Crippen LogP contribution in [-0.2, 0) is 0 Å². The van der Waals surface area contributed by atoms with E-state index in [0.717, 1.165) is 12.1 Å². The molecule has 0 saturated heterocycles. The minimum atomic E-state index is -0.804. The Morgan fingerprint density at radius 3 is 2.26 bits per heavy atom. The summed E-state index contributed by atoms with van der Waals surface area (Å²) in [6, 6.07) is 6.11. The van der Waals surface area contributed by atoms with Crippen molar-refractivity contribution >= 4 is 27.5 Å². The summed E-state index contributed by atoms with van der Waals surface area (Å²) in [4.78, 5) is -0.804. The van der Waals surface area contributed by atoms with Gasteiger partial charge in [-0.2, -0.15) is 0 Å². The van der Waals surface area contributed by atoms with Crippen LogP contribution in [0.3, 0.4) is 0 Å². The van der Waals surface area contributed by atoms with Gasteiger partial charge in [-0.05, 0) is 42.8 Å². The smallest absolute Gasteiger partial charge is 0.128 e. The zero-order valence-corrected chi connectivity index (χ0v) is 12.2. The van der Waals surface area contributed by atoms with Crippen LogP contribution in [0.15, 0.2) is 30.3 Å². The summed E-state index contributed by atoms with van der Waals surface area (Å²) in [7, 11) is 0. The van der Waals surface area contributed by atoms with Crippen molar-refractivity contribution in [2.24, 2.45) is 0 Å². The van der Waals surface area contributed by atoms with Crippen LogP contribution >= 0.6 is 27.5 Å². The Morgan fingerprint density at radius 1 is 0.947 bits per heavy atom. The first-order valence-corrected chi connectivity index (χ1v) is 6.74. The Bertz CT molecular complexity index is 628. The van der Waals surface area contributed by atoms with Crippen LogP contribution in [0.2, 0.25) is 5.02 Å². The lowest BCUT2D eigenvalue weighted by Crippen LogP contribution is -2.01. The molecule has 0 aliphatic rings. The number of benzene rings is 2. The molecule has 0 aliphatic heterocycles. The highest BCUT2D eigenvalue weighted by atomic mass is 79.9. The predicted octanol–water partition coefficient (Wildman–Crippen LogP) is 5.55. The minimum absolute atomic E-state index is 0.0317. The van der Waals surface area contributed by atoms with Crippen LogP contribution in [0, 0.1) is 24.4 Å². The van der Waals surface area contributed by atoms with Gasteiger partial charge in [0, 0.05) is 16.1 Å². The summed E-state index contributed by atoms with van der Waals surface area (Å²) in [5.41, 5.74) is 0.395. The fraction of sp³-hybridized carbons (Fsp3) is 0.143. The van der Waals surface area contributed by atoms with Crippen molar-refractivity contribution in [1.29, 1.82) is 0 Å². The third kappa shape index (κ3) is 2.95. The standard InChI is InChI=1S/C14H9BrClF3/c1-7-4-13(19)10(6-12(7)18)14(15)9-5-8(16)2-3-11(9)17/h2-6,14H,1H3. The Labute approximate surface area is 122 Å². The van der Waals surface area contributed by atoms with Gasteiger partial charge in [0.25, 0.3) is 0 Å². The maximum absolute atomic E-state index is 13.8. The molecule has 0 heterocycles. The van der Waals surface area contributed by atoms with E-state index in [2.05, 4.69) is 15.9 Å². The number of hydrogen-bond acceptors (Lipinski definition) is 0. The van der Waals surface area contributed by atoms with E-state index in [-0.39, 0.29) is 16.7 Å². The third-order valence-electron chi connectivity index (χ3n) is 2.78. The van der Waals surface area contributed by atoms with Crippen molar-refractivity contribution in [1.82, 2.24) is 0 Å². The molecule has 2 aromatic rings. The van der Waals surface area contributed by atoms with Crippen LogP contribution in [0.5, 0.6) is 0 Å². The van der Waals surface area contributed by atoms with E-state index in [9.17, 15) is 13.2 Å². The van der Waals surface area contributed by atoms with Crippen molar-refractivity contribution < 1.29 is 13.2 Å². The Balaban J connectivity index is 2.52. The van der Waals surface area contributed by atoms with Gasteiger partial charge in [-0.25, -0.2) is 13.2 Å². The van der Waals surface area contributed by atoms with E-state index in [0.29, 0.717) is 5.02 Å². The van der Waals surface area contributed by atoms with Gasteiger partial charge in [0.2, 0.25) is 0 Å². The topological polar surface area (TPSA) is 0 Å². The summed E-state index contributed by atoms with van der Waals surface area (Å²) in [6.45, 7) is 1.46. The first-order valence-electron chi connectivity index (χ1n) is 5.44. The molecule has 2 rings (SSSR count). The minimum Gasteiger partial charge on any atom is -0.207 e. The monoisotopic (exact) mass is 348 g/mol. The number of alkyl halides is 1. The lowest BCUT2D eigenvalue weighted by molar-refractivity contribution is 0.576. The highest BCUT2D eigenvalue weighted by molar-refractivity contribution is 9.09. The van der Waals surface area contributed by atoms with Gasteiger partial charge in [0.1, 0.15) is 17.5 Å². The number of hydrogen-bond donors (Lipinski definition) is 0. The summed E-state index contributed by atoms with van der Waals surface area (Å²) in [5, 5.41) is 0.328. The maximum atomic E-state index is 13.8. The van der Waals surface area contributed by atoms with E-state index < -0.39 is 22.3 Å². The molecule has 1 unspecified atom stereocenters. The van der Waals surface area contributed by atoms with E-state index in [1.807, 2.05) is 0 Å². The molecular formula is C14H9BrClF3. The second-order valence-electron chi connectivity index (χ2n) is 4.15. The molecule has 0 spiro atoms. The second kappa shape index (κ2) is 5.55. The van der Waals surface area contributed by atoms with Crippen LogP contribution < -0.4 is 0 Å². The van der Waals surface area contributed by atoms with Gasteiger partial charge in [0.05, 0.1) is 4.83 Å². The summed E-state index contributed by atoms with van der Waals surface area (Å²) >= 11 is 8.97. The van der Waals surface area contributed by atoms with E-state index >= 15 is 0 Å². The molecule has 100 valence electrons. The normalized spacial score (nSPS) is 12.5. The molecule has 0 aliphatic carbocycles. The highest BCUT2D eigenvalue weighted by Crippen LogP contribution is 2.36. The molecule has 0 bridgehead atoms. The van der Waals surface area contributed by atoms with Gasteiger partial charge in [-0.1, -0.05) is 27.5 Å². The first-order chi connectivity index (χ1) is 8.90. The fourth-order valence-electron chi connectivity index (χ4n) is 1.73. The number of aryl methyl sites for hydroxylation is 1. The average Bonchev–Trinajstić information content (AvgIpc) is 2.36. The van der Waals surface area contributed by atoms with Gasteiger partial charge >= 0.3 is 0 Å². The predicted molar refractivity (Wildman–Crippen MR) is 73.3 cm³/mol. The molecule has 0 radical (unpaired) electrons. The number of halogens is 5. The van der Waals surface area contributed by atoms with Crippen molar-refractivity contribution in [2.45, 2.75) is 11.8 Å². The van der Waals surface area contributed by atoms with Crippen molar-refractivity contribution in [3.63, 3.8) is 0 Å². The summed E-state index contributed by atoms with van der Waals surface area (Å²) in [6.07, 6.45) is 0.